The topological polar surface area (TPSA) is 46.1 Å². The lowest BCUT2D eigenvalue weighted by Crippen LogP contribution is -2.34. The molecule has 1 amide bonds. The molecule has 1 heterocycles. The Morgan fingerprint density at radius 3 is 2.87 bits per heavy atom. The normalized spacial score (nSPS) is 15.0. The maximum atomic E-state index is 12.1. The summed E-state index contributed by atoms with van der Waals surface area (Å²) in [6.07, 6.45) is 5.31. The van der Waals surface area contributed by atoms with Crippen molar-refractivity contribution in [3.05, 3.63) is 24.0 Å². The highest BCUT2D eigenvalue weighted by Gasteiger charge is 2.32. The highest BCUT2D eigenvalue weighted by atomic mass is 79.9. The molecule has 15 heavy (non-hydrogen) atoms. The van der Waals surface area contributed by atoms with Gasteiger partial charge < -0.3 is 4.90 Å². The predicted octanol–water partition coefficient (Wildman–Crippen LogP) is 1.48. The van der Waals surface area contributed by atoms with E-state index >= 15 is 0 Å². The fourth-order valence-corrected chi connectivity index (χ4v) is 1.89. The van der Waals surface area contributed by atoms with Crippen LogP contribution in [-0.4, -0.2) is 38.9 Å². The lowest BCUT2D eigenvalue weighted by atomic mass is 10.2. The number of hydrogen-bond acceptors (Lipinski definition) is 3. The van der Waals surface area contributed by atoms with Gasteiger partial charge in [-0.2, -0.15) is 10.2 Å². The van der Waals surface area contributed by atoms with Gasteiger partial charge in [-0.1, -0.05) is 15.9 Å². The van der Waals surface area contributed by atoms with E-state index in [0.29, 0.717) is 11.6 Å². The van der Waals surface area contributed by atoms with E-state index in [1.54, 1.807) is 12.3 Å². The van der Waals surface area contributed by atoms with Crippen molar-refractivity contribution in [1.29, 1.82) is 0 Å². The summed E-state index contributed by atoms with van der Waals surface area (Å²) in [6.45, 7) is 0.756. The average molecular weight is 270 g/mol. The second-order valence-corrected chi connectivity index (χ2v) is 4.34. The summed E-state index contributed by atoms with van der Waals surface area (Å²) in [6, 6.07) is 2.14. The molecule has 5 heteroatoms. The second kappa shape index (κ2) is 4.70. The maximum Gasteiger partial charge on any atom is 0.255 e. The largest absolute Gasteiger partial charge is 0.335 e. The summed E-state index contributed by atoms with van der Waals surface area (Å²) >= 11 is 3.37. The van der Waals surface area contributed by atoms with Gasteiger partial charge in [0.1, 0.15) is 0 Å². The number of nitrogens with zero attached hydrogens (tertiary/aromatic N) is 3. The summed E-state index contributed by atoms with van der Waals surface area (Å²) in [4.78, 5) is 14.0. The van der Waals surface area contributed by atoms with E-state index in [2.05, 4.69) is 26.1 Å². The molecule has 0 radical (unpaired) electrons. The lowest BCUT2D eigenvalue weighted by Gasteiger charge is -2.20. The van der Waals surface area contributed by atoms with Crippen LogP contribution in [0.15, 0.2) is 18.5 Å². The number of alkyl halides is 1. The molecule has 0 aromatic carbocycles. The van der Waals surface area contributed by atoms with Gasteiger partial charge in [-0.25, -0.2) is 0 Å². The number of halogens is 1. The van der Waals surface area contributed by atoms with Gasteiger partial charge in [-0.05, 0) is 18.9 Å². The fraction of sp³-hybridized carbons (Fsp3) is 0.500. The minimum Gasteiger partial charge on any atom is -0.335 e. The van der Waals surface area contributed by atoms with Crippen molar-refractivity contribution in [2.45, 2.75) is 18.9 Å². The molecule has 0 saturated heterocycles. The third-order valence-corrected chi connectivity index (χ3v) is 2.76. The zero-order chi connectivity index (χ0) is 10.7. The van der Waals surface area contributed by atoms with Gasteiger partial charge in [0.15, 0.2) is 0 Å². The van der Waals surface area contributed by atoms with Crippen LogP contribution in [-0.2, 0) is 0 Å². The third-order valence-electron chi connectivity index (χ3n) is 2.41. The lowest BCUT2D eigenvalue weighted by molar-refractivity contribution is 0.0754. The third kappa shape index (κ3) is 2.53. The van der Waals surface area contributed by atoms with Crippen LogP contribution in [0.5, 0.6) is 0 Å². The number of carbonyl (C=O) groups excluding carboxylic acids is 1. The minimum atomic E-state index is 0.0619. The molecule has 0 bridgehead atoms. The number of carbonyl (C=O) groups is 1. The maximum absolute atomic E-state index is 12.1. The molecule has 1 aliphatic rings. The van der Waals surface area contributed by atoms with E-state index in [1.807, 2.05) is 4.90 Å². The predicted molar refractivity (Wildman–Crippen MR) is 59.9 cm³/mol. The van der Waals surface area contributed by atoms with E-state index in [0.717, 1.165) is 24.7 Å². The molecule has 1 fully saturated rings. The summed E-state index contributed by atoms with van der Waals surface area (Å²) in [5.41, 5.74) is 0.623. The van der Waals surface area contributed by atoms with Crippen molar-refractivity contribution >= 4 is 21.8 Å². The van der Waals surface area contributed by atoms with E-state index < -0.39 is 0 Å². The van der Waals surface area contributed by atoms with Gasteiger partial charge in [0.25, 0.3) is 5.91 Å². The average Bonchev–Trinajstić information content (AvgIpc) is 3.10. The zero-order valence-electron chi connectivity index (χ0n) is 8.27. The molecule has 0 atom stereocenters. The Hall–Kier alpha value is -0.970. The Morgan fingerprint density at radius 2 is 2.33 bits per heavy atom. The molecular formula is C10H12BrN3O. The van der Waals surface area contributed by atoms with Gasteiger partial charge in [0.2, 0.25) is 0 Å². The smallest absolute Gasteiger partial charge is 0.255 e. The molecule has 0 aliphatic heterocycles. The molecule has 0 unspecified atom stereocenters. The number of amides is 1. The van der Waals surface area contributed by atoms with Crippen LogP contribution in [0.2, 0.25) is 0 Å². The van der Waals surface area contributed by atoms with Crippen molar-refractivity contribution in [2.24, 2.45) is 0 Å². The molecule has 1 aliphatic carbocycles. The van der Waals surface area contributed by atoms with Crippen LogP contribution in [0.4, 0.5) is 0 Å². The van der Waals surface area contributed by atoms with Gasteiger partial charge in [-0.3, -0.25) is 4.79 Å². The standard InChI is InChI=1S/C10H12BrN3O/c11-4-6-14(9-1-2-9)10(15)8-3-5-12-13-7-8/h3,5,7,9H,1-2,4,6H2. The first-order chi connectivity index (χ1) is 7.33. The second-order valence-electron chi connectivity index (χ2n) is 3.55. The molecule has 0 spiro atoms. The van der Waals surface area contributed by atoms with Crippen molar-refractivity contribution in [3.8, 4) is 0 Å². The highest BCUT2D eigenvalue weighted by Crippen LogP contribution is 2.27. The highest BCUT2D eigenvalue weighted by molar-refractivity contribution is 9.09. The van der Waals surface area contributed by atoms with E-state index in [-0.39, 0.29) is 5.91 Å². The number of aromatic nitrogens is 2. The Balaban J connectivity index is 2.10. The SMILES string of the molecule is O=C(c1ccnnc1)N(CCBr)C1CC1. The molecule has 1 aromatic heterocycles. The Kier molecular flexibility index (Phi) is 3.30. The van der Waals surface area contributed by atoms with Gasteiger partial charge in [0, 0.05) is 17.9 Å². The van der Waals surface area contributed by atoms with Crippen LogP contribution < -0.4 is 0 Å². The van der Waals surface area contributed by atoms with E-state index in [4.69, 9.17) is 0 Å². The summed E-state index contributed by atoms with van der Waals surface area (Å²) in [7, 11) is 0. The van der Waals surface area contributed by atoms with Crippen LogP contribution in [0.1, 0.15) is 23.2 Å². The molecule has 1 saturated carbocycles. The zero-order valence-corrected chi connectivity index (χ0v) is 9.85. The molecule has 1 aromatic rings. The van der Waals surface area contributed by atoms with Crippen molar-refractivity contribution in [2.75, 3.05) is 11.9 Å². The first kappa shape index (κ1) is 10.5. The van der Waals surface area contributed by atoms with Crippen molar-refractivity contribution < 1.29 is 4.79 Å². The summed E-state index contributed by atoms with van der Waals surface area (Å²) in [5, 5.41) is 8.20. The van der Waals surface area contributed by atoms with E-state index in [1.165, 1.54) is 6.20 Å². The Labute approximate surface area is 96.8 Å². The summed E-state index contributed by atoms with van der Waals surface area (Å²) in [5.74, 6) is 0.0619. The van der Waals surface area contributed by atoms with Gasteiger partial charge in [0.05, 0.1) is 18.0 Å². The first-order valence-corrected chi connectivity index (χ1v) is 6.08. The van der Waals surface area contributed by atoms with Crippen molar-refractivity contribution in [1.82, 2.24) is 15.1 Å². The van der Waals surface area contributed by atoms with Gasteiger partial charge in [-0.15, -0.1) is 0 Å². The minimum absolute atomic E-state index is 0.0619. The van der Waals surface area contributed by atoms with E-state index in [9.17, 15) is 4.79 Å². The molecule has 4 nitrogen and oxygen atoms in total. The summed E-state index contributed by atoms with van der Waals surface area (Å²) < 4.78 is 0. The van der Waals surface area contributed by atoms with Crippen LogP contribution in [0, 0.1) is 0 Å². The van der Waals surface area contributed by atoms with Gasteiger partial charge >= 0.3 is 0 Å². The Bertz CT molecular complexity index is 340. The number of rotatable bonds is 4. The molecule has 80 valence electrons. The molecule has 2 rings (SSSR count). The monoisotopic (exact) mass is 269 g/mol. The quantitative estimate of drug-likeness (QED) is 0.778. The van der Waals surface area contributed by atoms with Crippen LogP contribution in [0.25, 0.3) is 0 Å². The fourth-order valence-electron chi connectivity index (χ4n) is 1.51. The first-order valence-electron chi connectivity index (χ1n) is 4.96. The van der Waals surface area contributed by atoms with Crippen molar-refractivity contribution in [3.63, 3.8) is 0 Å². The Morgan fingerprint density at radius 1 is 1.53 bits per heavy atom. The molecule has 0 N–H and O–H groups in total. The van der Waals surface area contributed by atoms with Crippen LogP contribution in [0.3, 0.4) is 0 Å². The molecular weight excluding hydrogens is 258 g/mol. The number of hydrogen-bond donors (Lipinski definition) is 0. The van der Waals surface area contributed by atoms with Crippen LogP contribution >= 0.6 is 15.9 Å².